The van der Waals surface area contributed by atoms with Crippen LogP contribution in [-0.2, 0) is 24.1 Å². The summed E-state index contributed by atoms with van der Waals surface area (Å²) >= 11 is 0. The van der Waals surface area contributed by atoms with Crippen molar-refractivity contribution in [1.82, 2.24) is 16.0 Å². The normalized spacial score (nSPS) is 14.1. The van der Waals surface area contributed by atoms with E-state index >= 15 is 0 Å². The van der Waals surface area contributed by atoms with E-state index in [1.807, 2.05) is 18.2 Å². The highest BCUT2D eigenvalue weighted by molar-refractivity contribution is 5.79. The number of guanidine groups is 1. The van der Waals surface area contributed by atoms with Crippen LogP contribution < -0.4 is 20.7 Å². The van der Waals surface area contributed by atoms with E-state index in [0.29, 0.717) is 36.4 Å². The minimum atomic E-state index is -4.34. The number of ether oxygens (including phenoxy) is 1. The van der Waals surface area contributed by atoms with Gasteiger partial charge in [0, 0.05) is 26.2 Å². The van der Waals surface area contributed by atoms with Crippen LogP contribution in [-0.4, -0.2) is 31.6 Å². The molecule has 1 aliphatic carbocycles. The van der Waals surface area contributed by atoms with Crippen molar-refractivity contribution < 1.29 is 22.7 Å². The molecule has 31 heavy (non-hydrogen) atoms. The van der Waals surface area contributed by atoms with Crippen LogP contribution in [0.3, 0.4) is 0 Å². The van der Waals surface area contributed by atoms with Crippen molar-refractivity contribution in [3.63, 3.8) is 0 Å². The van der Waals surface area contributed by atoms with Crippen LogP contribution in [0.5, 0.6) is 5.75 Å². The molecule has 6 nitrogen and oxygen atoms in total. The van der Waals surface area contributed by atoms with E-state index in [1.165, 1.54) is 12.1 Å². The first kappa shape index (κ1) is 22.5. The molecule has 2 aromatic carbocycles. The summed E-state index contributed by atoms with van der Waals surface area (Å²) in [6.07, 6.45) is -2.29. The first-order chi connectivity index (χ1) is 14.8. The standard InChI is InChI=1S/C22H25F3N4O2/c1-26-21(27-12-15-5-7-17(8-6-15)22(23,24)25)28-13-16-3-2-4-19(11-16)31-14-20(30)29-18-9-10-18/h2-8,11,18H,9-10,12-14H2,1H3,(H,29,30)(H2,26,27,28). The lowest BCUT2D eigenvalue weighted by atomic mass is 10.1. The third kappa shape index (κ3) is 7.51. The number of benzene rings is 2. The fourth-order valence-electron chi connectivity index (χ4n) is 2.79. The van der Waals surface area contributed by atoms with Gasteiger partial charge in [0.25, 0.3) is 5.91 Å². The Balaban J connectivity index is 1.45. The number of carbonyl (C=O) groups excluding carboxylic acids is 1. The Hall–Kier alpha value is -3.23. The van der Waals surface area contributed by atoms with E-state index in [9.17, 15) is 18.0 Å². The Kier molecular flexibility index (Phi) is 7.38. The Labute approximate surface area is 178 Å². The van der Waals surface area contributed by atoms with Gasteiger partial charge in [-0.1, -0.05) is 24.3 Å². The van der Waals surface area contributed by atoms with Crippen molar-refractivity contribution in [1.29, 1.82) is 0 Å². The topological polar surface area (TPSA) is 74.8 Å². The van der Waals surface area contributed by atoms with Crippen LogP contribution in [0, 0.1) is 0 Å². The molecular weight excluding hydrogens is 409 g/mol. The maximum absolute atomic E-state index is 12.6. The quantitative estimate of drug-likeness (QED) is 0.441. The minimum absolute atomic E-state index is 0.0241. The number of aliphatic imine (C=N–C) groups is 1. The lowest BCUT2D eigenvalue weighted by Gasteiger charge is -2.13. The summed E-state index contributed by atoms with van der Waals surface area (Å²) in [5, 5.41) is 9.08. The smallest absolute Gasteiger partial charge is 0.416 e. The first-order valence-corrected chi connectivity index (χ1v) is 9.95. The third-order valence-electron chi connectivity index (χ3n) is 4.64. The zero-order valence-electron chi connectivity index (χ0n) is 17.1. The second-order valence-corrected chi connectivity index (χ2v) is 7.25. The molecule has 1 aliphatic rings. The van der Waals surface area contributed by atoms with E-state index in [-0.39, 0.29) is 12.5 Å². The molecule has 0 atom stereocenters. The molecule has 0 bridgehead atoms. The molecule has 1 fully saturated rings. The van der Waals surface area contributed by atoms with Crippen molar-refractivity contribution in [3.8, 4) is 5.75 Å². The van der Waals surface area contributed by atoms with Gasteiger partial charge in [0.05, 0.1) is 5.56 Å². The summed E-state index contributed by atoms with van der Waals surface area (Å²) in [5.74, 6) is 0.979. The zero-order chi connectivity index (χ0) is 22.3. The van der Waals surface area contributed by atoms with Gasteiger partial charge in [-0.15, -0.1) is 0 Å². The van der Waals surface area contributed by atoms with Gasteiger partial charge in [-0.2, -0.15) is 13.2 Å². The average molecular weight is 434 g/mol. The summed E-state index contributed by atoms with van der Waals surface area (Å²) in [6, 6.07) is 12.6. The molecule has 1 saturated carbocycles. The van der Waals surface area contributed by atoms with Crippen LogP contribution in [0.1, 0.15) is 29.5 Å². The summed E-state index contributed by atoms with van der Waals surface area (Å²) in [6.45, 7) is 0.763. The van der Waals surface area contributed by atoms with Crippen LogP contribution in [0.15, 0.2) is 53.5 Å². The second kappa shape index (κ2) is 10.2. The number of rotatable bonds is 8. The summed E-state index contributed by atoms with van der Waals surface area (Å²) in [7, 11) is 1.61. The van der Waals surface area contributed by atoms with Gasteiger partial charge >= 0.3 is 6.18 Å². The van der Waals surface area contributed by atoms with Gasteiger partial charge in [0.1, 0.15) is 5.75 Å². The molecule has 1 amide bonds. The summed E-state index contributed by atoms with van der Waals surface area (Å²) in [5.41, 5.74) is 0.958. The largest absolute Gasteiger partial charge is 0.484 e. The average Bonchev–Trinajstić information content (AvgIpc) is 3.56. The molecule has 9 heteroatoms. The van der Waals surface area contributed by atoms with Gasteiger partial charge in [0.15, 0.2) is 12.6 Å². The van der Waals surface area contributed by atoms with Crippen molar-refractivity contribution in [2.75, 3.05) is 13.7 Å². The van der Waals surface area contributed by atoms with Crippen LogP contribution in [0.2, 0.25) is 0 Å². The van der Waals surface area contributed by atoms with Crippen LogP contribution >= 0.6 is 0 Å². The van der Waals surface area contributed by atoms with Crippen LogP contribution in [0.25, 0.3) is 0 Å². The number of hydrogen-bond donors (Lipinski definition) is 3. The summed E-state index contributed by atoms with van der Waals surface area (Å²) in [4.78, 5) is 15.9. The Morgan fingerprint density at radius 1 is 1.06 bits per heavy atom. The molecule has 0 radical (unpaired) electrons. The van der Waals surface area contributed by atoms with E-state index in [1.54, 1.807) is 13.1 Å². The number of halogens is 3. The molecule has 166 valence electrons. The minimum Gasteiger partial charge on any atom is -0.484 e. The highest BCUT2D eigenvalue weighted by atomic mass is 19.4. The first-order valence-electron chi connectivity index (χ1n) is 9.95. The number of hydrogen-bond acceptors (Lipinski definition) is 3. The molecule has 3 rings (SSSR count). The van der Waals surface area contributed by atoms with Crippen molar-refractivity contribution in [3.05, 3.63) is 65.2 Å². The predicted octanol–water partition coefficient (Wildman–Crippen LogP) is 3.23. The van der Waals surface area contributed by atoms with Crippen molar-refractivity contribution in [2.24, 2.45) is 4.99 Å². The van der Waals surface area contributed by atoms with Crippen molar-refractivity contribution >= 4 is 11.9 Å². The fourth-order valence-corrected chi connectivity index (χ4v) is 2.79. The lowest BCUT2D eigenvalue weighted by Crippen LogP contribution is -2.36. The monoisotopic (exact) mass is 434 g/mol. The van der Waals surface area contributed by atoms with Gasteiger partial charge in [-0.3, -0.25) is 9.79 Å². The SMILES string of the molecule is CN=C(NCc1ccc(C(F)(F)F)cc1)NCc1cccc(OCC(=O)NC2CC2)c1. The number of nitrogens with one attached hydrogen (secondary N) is 3. The van der Waals surface area contributed by atoms with E-state index in [2.05, 4.69) is 20.9 Å². The fraction of sp³-hybridized carbons (Fsp3) is 0.364. The molecule has 0 aliphatic heterocycles. The molecule has 0 saturated heterocycles. The number of nitrogens with zero attached hydrogens (tertiary/aromatic N) is 1. The lowest BCUT2D eigenvalue weighted by molar-refractivity contribution is -0.137. The third-order valence-corrected chi connectivity index (χ3v) is 4.64. The predicted molar refractivity (Wildman–Crippen MR) is 112 cm³/mol. The number of alkyl halides is 3. The molecule has 3 N–H and O–H groups in total. The molecule has 0 heterocycles. The van der Waals surface area contributed by atoms with E-state index in [4.69, 9.17) is 4.74 Å². The zero-order valence-corrected chi connectivity index (χ0v) is 17.1. The second-order valence-electron chi connectivity index (χ2n) is 7.25. The van der Waals surface area contributed by atoms with Gasteiger partial charge < -0.3 is 20.7 Å². The Morgan fingerprint density at radius 3 is 2.35 bits per heavy atom. The van der Waals surface area contributed by atoms with Gasteiger partial charge in [0.2, 0.25) is 0 Å². The highest BCUT2D eigenvalue weighted by Gasteiger charge is 2.29. The van der Waals surface area contributed by atoms with E-state index in [0.717, 1.165) is 30.5 Å². The maximum Gasteiger partial charge on any atom is 0.416 e. The van der Waals surface area contributed by atoms with Gasteiger partial charge in [-0.05, 0) is 48.2 Å². The summed E-state index contributed by atoms with van der Waals surface area (Å²) < 4.78 is 43.5. The van der Waals surface area contributed by atoms with E-state index < -0.39 is 11.7 Å². The number of amides is 1. The molecule has 0 aromatic heterocycles. The molecule has 0 spiro atoms. The van der Waals surface area contributed by atoms with Gasteiger partial charge in [-0.25, -0.2) is 0 Å². The number of carbonyl (C=O) groups is 1. The van der Waals surface area contributed by atoms with Crippen LogP contribution in [0.4, 0.5) is 13.2 Å². The maximum atomic E-state index is 12.6. The van der Waals surface area contributed by atoms with Crippen molar-refractivity contribution in [2.45, 2.75) is 38.1 Å². The molecule has 0 unspecified atom stereocenters. The Morgan fingerprint density at radius 2 is 1.74 bits per heavy atom. The molecule has 2 aromatic rings. The molecular formula is C22H25F3N4O2. The highest BCUT2D eigenvalue weighted by Crippen LogP contribution is 2.29. The Bertz CT molecular complexity index is 910.